The van der Waals surface area contributed by atoms with Gasteiger partial charge in [0.05, 0.1) is 6.10 Å². The first-order valence-corrected chi connectivity index (χ1v) is 7.79. The van der Waals surface area contributed by atoms with E-state index in [9.17, 15) is 9.50 Å². The van der Waals surface area contributed by atoms with Crippen LogP contribution >= 0.6 is 35.0 Å². The molecular weight excluding hydrogens is 318 g/mol. The van der Waals surface area contributed by atoms with Crippen LogP contribution in [0.15, 0.2) is 47.4 Å². The summed E-state index contributed by atoms with van der Waals surface area (Å²) in [5.74, 6) is 0.0645. The molecule has 0 saturated heterocycles. The lowest BCUT2D eigenvalue weighted by molar-refractivity contribution is 0.199. The first kappa shape index (κ1) is 15.6. The van der Waals surface area contributed by atoms with Crippen LogP contribution in [0.1, 0.15) is 5.56 Å². The average Bonchev–Trinajstić information content (AvgIpc) is 2.41. The SMILES string of the molecule is OC(CSc1cccc(Cl)c1)Cc1c(F)cccc1Cl. The second-order valence-electron chi connectivity index (χ2n) is 4.33. The van der Waals surface area contributed by atoms with Gasteiger partial charge >= 0.3 is 0 Å². The summed E-state index contributed by atoms with van der Waals surface area (Å²) in [7, 11) is 0. The molecule has 0 aromatic heterocycles. The first-order chi connectivity index (χ1) is 9.56. The quantitative estimate of drug-likeness (QED) is 0.792. The molecule has 0 aliphatic heterocycles. The maximum absolute atomic E-state index is 13.6. The highest BCUT2D eigenvalue weighted by Gasteiger charge is 2.13. The number of aliphatic hydroxyl groups excluding tert-OH is 1. The van der Waals surface area contributed by atoms with Crippen molar-refractivity contribution in [2.24, 2.45) is 0 Å². The molecular formula is C15H13Cl2FOS. The Morgan fingerprint density at radius 1 is 1.15 bits per heavy atom. The Morgan fingerprint density at radius 2 is 1.90 bits per heavy atom. The van der Waals surface area contributed by atoms with Crippen LogP contribution in [0.4, 0.5) is 4.39 Å². The molecule has 20 heavy (non-hydrogen) atoms. The van der Waals surface area contributed by atoms with Gasteiger partial charge in [-0.15, -0.1) is 11.8 Å². The molecule has 2 rings (SSSR count). The first-order valence-electron chi connectivity index (χ1n) is 6.05. The zero-order chi connectivity index (χ0) is 14.5. The van der Waals surface area contributed by atoms with Crippen molar-refractivity contribution in [2.45, 2.75) is 17.4 Å². The third-order valence-corrected chi connectivity index (χ3v) is 4.47. The standard InChI is InChI=1S/C15H13Cl2FOS/c16-10-3-1-4-12(7-10)20-9-11(19)8-13-14(17)5-2-6-15(13)18/h1-7,11,19H,8-9H2. The molecule has 0 amide bonds. The molecule has 0 aliphatic rings. The Morgan fingerprint density at radius 3 is 2.60 bits per heavy atom. The zero-order valence-electron chi connectivity index (χ0n) is 10.5. The highest BCUT2D eigenvalue weighted by atomic mass is 35.5. The van der Waals surface area contributed by atoms with Crippen molar-refractivity contribution in [2.75, 3.05) is 5.75 Å². The summed E-state index contributed by atoms with van der Waals surface area (Å²) in [6.45, 7) is 0. The van der Waals surface area contributed by atoms with E-state index in [-0.39, 0.29) is 12.2 Å². The van der Waals surface area contributed by atoms with Crippen LogP contribution in [-0.2, 0) is 6.42 Å². The fourth-order valence-electron chi connectivity index (χ4n) is 1.77. The van der Waals surface area contributed by atoms with Gasteiger partial charge in [0.2, 0.25) is 0 Å². The zero-order valence-corrected chi connectivity index (χ0v) is 12.9. The molecule has 1 N–H and O–H groups in total. The summed E-state index contributed by atoms with van der Waals surface area (Å²) in [6, 6.07) is 11.9. The Hall–Kier alpha value is -0.740. The molecule has 2 aromatic carbocycles. The van der Waals surface area contributed by atoms with Crippen LogP contribution in [0, 0.1) is 5.82 Å². The third kappa shape index (κ3) is 4.38. The lowest BCUT2D eigenvalue weighted by atomic mass is 10.1. The lowest BCUT2D eigenvalue weighted by Crippen LogP contribution is -2.14. The predicted molar refractivity (Wildman–Crippen MR) is 83.3 cm³/mol. The van der Waals surface area contributed by atoms with Crippen LogP contribution in [0.25, 0.3) is 0 Å². The van der Waals surface area contributed by atoms with Gasteiger partial charge in [-0.25, -0.2) is 4.39 Å². The van der Waals surface area contributed by atoms with E-state index in [0.717, 1.165) is 4.90 Å². The van der Waals surface area contributed by atoms with Gasteiger partial charge in [0.15, 0.2) is 0 Å². The molecule has 0 radical (unpaired) electrons. The van der Waals surface area contributed by atoms with E-state index in [0.29, 0.717) is 21.4 Å². The molecule has 1 atom stereocenters. The summed E-state index contributed by atoms with van der Waals surface area (Å²) in [5.41, 5.74) is 0.355. The fraction of sp³-hybridized carbons (Fsp3) is 0.200. The Labute approximate surface area is 131 Å². The monoisotopic (exact) mass is 330 g/mol. The Kier molecular flexibility index (Phi) is 5.73. The minimum absolute atomic E-state index is 0.194. The smallest absolute Gasteiger partial charge is 0.127 e. The third-order valence-electron chi connectivity index (χ3n) is 2.74. The highest BCUT2D eigenvalue weighted by molar-refractivity contribution is 7.99. The van der Waals surface area contributed by atoms with E-state index >= 15 is 0 Å². The molecule has 0 heterocycles. The predicted octanol–water partition coefficient (Wildman–Crippen LogP) is 4.83. The van der Waals surface area contributed by atoms with Crippen molar-refractivity contribution >= 4 is 35.0 Å². The van der Waals surface area contributed by atoms with Gasteiger partial charge in [0, 0.05) is 32.7 Å². The van der Waals surface area contributed by atoms with Crippen LogP contribution in [-0.4, -0.2) is 17.0 Å². The molecule has 0 bridgehead atoms. The van der Waals surface area contributed by atoms with Gasteiger partial charge in [0.1, 0.15) is 5.82 Å². The highest BCUT2D eigenvalue weighted by Crippen LogP contribution is 2.25. The molecule has 106 valence electrons. The molecule has 0 fully saturated rings. The van der Waals surface area contributed by atoms with Crippen molar-refractivity contribution in [3.63, 3.8) is 0 Å². The summed E-state index contributed by atoms with van der Waals surface area (Å²) >= 11 is 13.3. The number of hydrogen-bond donors (Lipinski definition) is 1. The number of aliphatic hydroxyl groups is 1. The van der Waals surface area contributed by atoms with Crippen molar-refractivity contribution in [3.05, 3.63) is 63.9 Å². The van der Waals surface area contributed by atoms with E-state index in [1.807, 2.05) is 18.2 Å². The Balaban J connectivity index is 1.94. The van der Waals surface area contributed by atoms with E-state index in [1.165, 1.54) is 17.8 Å². The number of halogens is 3. The summed E-state index contributed by atoms with van der Waals surface area (Å²) in [4.78, 5) is 0.969. The molecule has 0 saturated carbocycles. The molecule has 1 nitrogen and oxygen atoms in total. The van der Waals surface area contributed by atoms with Crippen LogP contribution in [0.3, 0.4) is 0 Å². The summed E-state index contributed by atoms with van der Waals surface area (Å²) in [5, 5.41) is 11.0. The Bertz CT molecular complexity index is 572. The van der Waals surface area contributed by atoms with Gasteiger partial charge in [-0.05, 0) is 30.3 Å². The topological polar surface area (TPSA) is 20.2 Å². The minimum atomic E-state index is -0.673. The second-order valence-corrected chi connectivity index (χ2v) is 6.26. The molecule has 5 heteroatoms. The maximum atomic E-state index is 13.6. The van der Waals surface area contributed by atoms with Gasteiger partial charge < -0.3 is 5.11 Å². The average molecular weight is 331 g/mol. The van der Waals surface area contributed by atoms with Crippen LogP contribution < -0.4 is 0 Å². The number of rotatable bonds is 5. The summed E-state index contributed by atoms with van der Waals surface area (Å²) in [6.07, 6.45) is -0.479. The molecule has 0 spiro atoms. The fourth-order valence-corrected chi connectivity index (χ4v) is 3.15. The van der Waals surface area contributed by atoms with Gasteiger partial charge in [-0.2, -0.15) is 0 Å². The largest absolute Gasteiger partial charge is 0.392 e. The van der Waals surface area contributed by atoms with Gasteiger partial charge in [-0.3, -0.25) is 0 Å². The van der Waals surface area contributed by atoms with Gasteiger partial charge in [0.25, 0.3) is 0 Å². The van der Waals surface area contributed by atoms with Crippen LogP contribution in [0.5, 0.6) is 0 Å². The van der Waals surface area contributed by atoms with Crippen molar-refractivity contribution in [3.8, 4) is 0 Å². The molecule has 1 unspecified atom stereocenters. The van der Waals surface area contributed by atoms with Crippen molar-refractivity contribution < 1.29 is 9.50 Å². The maximum Gasteiger partial charge on any atom is 0.127 e. The number of thioether (sulfide) groups is 1. The van der Waals surface area contributed by atoms with Crippen molar-refractivity contribution in [1.29, 1.82) is 0 Å². The van der Waals surface area contributed by atoms with E-state index in [2.05, 4.69) is 0 Å². The normalized spacial score (nSPS) is 12.4. The van der Waals surface area contributed by atoms with E-state index in [4.69, 9.17) is 23.2 Å². The van der Waals surface area contributed by atoms with Crippen molar-refractivity contribution in [1.82, 2.24) is 0 Å². The minimum Gasteiger partial charge on any atom is -0.392 e. The van der Waals surface area contributed by atoms with Gasteiger partial charge in [-0.1, -0.05) is 35.3 Å². The van der Waals surface area contributed by atoms with E-state index < -0.39 is 6.10 Å². The lowest BCUT2D eigenvalue weighted by Gasteiger charge is -2.12. The second kappa shape index (κ2) is 7.32. The molecule has 2 aromatic rings. The van der Waals surface area contributed by atoms with E-state index in [1.54, 1.807) is 18.2 Å². The van der Waals surface area contributed by atoms with Crippen LogP contribution in [0.2, 0.25) is 10.0 Å². The number of benzene rings is 2. The summed E-state index contributed by atoms with van der Waals surface area (Å²) < 4.78 is 13.6. The number of hydrogen-bond acceptors (Lipinski definition) is 2. The molecule has 0 aliphatic carbocycles.